The Labute approximate surface area is 317 Å². The number of rotatable bonds is 3. The van der Waals surface area contributed by atoms with Crippen LogP contribution in [0.1, 0.15) is 49.9 Å². The summed E-state index contributed by atoms with van der Waals surface area (Å²) in [7, 11) is 0. The Morgan fingerprint density at radius 1 is 0.278 bits per heavy atom. The van der Waals surface area contributed by atoms with Gasteiger partial charge in [0.15, 0.2) is 0 Å². The van der Waals surface area contributed by atoms with E-state index in [1.165, 1.54) is 110 Å². The van der Waals surface area contributed by atoms with E-state index in [1.807, 2.05) is 0 Å². The molecule has 9 aromatic carbocycles. The van der Waals surface area contributed by atoms with Gasteiger partial charge in [0, 0.05) is 10.8 Å². The molecule has 0 atom stereocenters. The highest BCUT2D eigenvalue weighted by atomic mass is 14.4. The zero-order chi connectivity index (χ0) is 36.3. The number of benzene rings is 9. The summed E-state index contributed by atoms with van der Waals surface area (Å²) in [6.45, 7) is 9.49. The van der Waals surface area contributed by atoms with Gasteiger partial charge in [-0.15, -0.1) is 0 Å². The molecule has 9 aromatic rings. The van der Waals surface area contributed by atoms with Gasteiger partial charge in [-0.25, -0.2) is 0 Å². The van der Waals surface area contributed by atoms with E-state index in [1.54, 1.807) is 0 Å². The Kier molecular flexibility index (Phi) is 6.46. The van der Waals surface area contributed by atoms with Gasteiger partial charge in [0.05, 0.1) is 0 Å². The summed E-state index contributed by atoms with van der Waals surface area (Å²) >= 11 is 0. The fraction of sp³-hybridized carbons (Fsp3) is 0.111. The van der Waals surface area contributed by atoms with Crippen LogP contribution < -0.4 is 0 Å². The molecule has 0 spiro atoms. The van der Waals surface area contributed by atoms with Gasteiger partial charge in [-0.3, -0.25) is 0 Å². The van der Waals surface area contributed by atoms with Crippen LogP contribution in [0.3, 0.4) is 0 Å². The van der Waals surface area contributed by atoms with Crippen molar-refractivity contribution < 1.29 is 0 Å². The summed E-state index contributed by atoms with van der Waals surface area (Å²) in [4.78, 5) is 0. The zero-order valence-corrected chi connectivity index (χ0v) is 31.2. The minimum Gasteiger partial charge on any atom is -0.0619 e. The first kappa shape index (κ1) is 31.3. The summed E-state index contributed by atoms with van der Waals surface area (Å²) in [5.41, 5.74) is 18.5. The van der Waals surface area contributed by atoms with Crippen LogP contribution in [0, 0.1) is 0 Å². The maximum absolute atomic E-state index is 2.49. The molecule has 0 amide bonds. The predicted molar refractivity (Wildman–Crippen MR) is 230 cm³/mol. The van der Waals surface area contributed by atoms with Crippen LogP contribution in [0.5, 0.6) is 0 Å². The highest BCUT2D eigenvalue weighted by molar-refractivity contribution is 6.22. The summed E-state index contributed by atoms with van der Waals surface area (Å²) in [5, 5.41) is 7.66. The molecule has 0 radical (unpaired) electrons. The molecule has 0 bridgehead atoms. The van der Waals surface area contributed by atoms with Gasteiger partial charge in [0.1, 0.15) is 0 Å². The normalized spacial score (nSPS) is 14.6. The average Bonchev–Trinajstić information content (AvgIpc) is 3.58. The Morgan fingerprint density at radius 2 is 0.759 bits per heavy atom. The van der Waals surface area contributed by atoms with Gasteiger partial charge >= 0.3 is 0 Å². The summed E-state index contributed by atoms with van der Waals surface area (Å²) in [5.74, 6) is 0. The molecule has 0 heterocycles. The first-order valence-corrected chi connectivity index (χ1v) is 19.3. The zero-order valence-electron chi connectivity index (χ0n) is 31.2. The standard InChI is InChI=1S/C54H40/c1-53(2)48-23-12-10-18-40(48)45-31-35(26-29-49(45)53)52-43-20-8-7-19-42(43)51(36-25-27-41-39-17-9-11-22-47(39)54(3,4)50(41)32-36)44-28-24-34(30-46(44)52)38-21-13-15-33-14-5-6-16-37(33)38/h5-32H,1-4H3. The van der Waals surface area contributed by atoms with Crippen molar-refractivity contribution in [2.45, 2.75) is 38.5 Å². The van der Waals surface area contributed by atoms with E-state index in [0.29, 0.717) is 0 Å². The van der Waals surface area contributed by atoms with E-state index in [0.717, 1.165) is 0 Å². The topological polar surface area (TPSA) is 0 Å². The molecule has 0 aromatic heterocycles. The largest absolute Gasteiger partial charge is 0.0619 e. The molecule has 0 aliphatic heterocycles. The van der Waals surface area contributed by atoms with Gasteiger partial charge in [0.2, 0.25) is 0 Å². The lowest BCUT2D eigenvalue weighted by Crippen LogP contribution is -2.14. The van der Waals surface area contributed by atoms with Crippen LogP contribution in [0.4, 0.5) is 0 Å². The monoisotopic (exact) mass is 688 g/mol. The molecule has 0 heteroatoms. The van der Waals surface area contributed by atoms with Crippen molar-refractivity contribution in [3.63, 3.8) is 0 Å². The highest BCUT2D eigenvalue weighted by Gasteiger charge is 2.37. The maximum atomic E-state index is 2.49. The molecular formula is C54H40. The van der Waals surface area contributed by atoms with Crippen LogP contribution in [0.2, 0.25) is 0 Å². The van der Waals surface area contributed by atoms with Gasteiger partial charge < -0.3 is 0 Å². The summed E-state index contributed by atoms with van der Waals surface area (Å²) < 4.78 is 0. The lowest BCUT2D eigenvalue weighted by molar-refractivity contribution is 0.660. The van der Waals surface area contributed by atoms with E-state index >= 15 is 0 Å². The van der Waals surface area contributed by atoms with Crippen LogP contribution in [-0.2, 0) is 10.8 Å². The smallest absolute Gasteiger partial charge is 0.0159 e. The molecule has 256 valence electrons. The van der Waals surface area contributed by atoms with Gasteiger partial charge in [0.25, 0.3) is 0 Å². The van der Waals surface area contributed by atoms with Crippen LogP contribution in [0.25, 0.3) is 88.0 Å². The molecule has 54 heavy (non-hydrogen) atoms. The fourth-order valence-corrected chi connectivity index (χ4v) is 10.2. The second-order valence-corrected chi connectivity index (χ2v) is 16.4. The van der Waals surface area contributed by atoms with E-state index in [2.05, 4.69) is 198 Å². The summed E-state index contributed by atoms with van der Waals surface area (Å²) in [6, 6.07) is 64.2. The third kappa shape index (κ3) is 4.26. The third-order valence-corrected chi connectivity index (χ3v) is 12.9. The van der Waals surface area contributed by atoms with Gasteiger partial charge in [-0.1, -0.05) is 179 Å². The Bertz CT molecular complexity index is 3040. The predicted octanol–water partition coefficient (Wildman–Crippen LogP) is 14.8. The summed E-state index contributed by atoms with van der Waals surface area (Å²) in [6.07, 6.45) is 0. The van der Waals surface area contributed by atoms with Gasteiger partial charge in [-0.05, 0) is 128 Å². The first-order chi connectivity index (χ1) is 26.3. The molecule has 0 saturated heterocycles. The Balaban J connectivity index is 1.23. The van der Waals surface area contributed by atoms with Crippen LogP contribution in [-0.4, -0.2) is 0 Å². The Hall–Kier alpha value is -6.24. The van der Waals surface area contributed by atoms with E-state index in [-0.39, 0.29) is 10.8 Å². The van der Waals surface area contributed by atoms with Crippen molar-refractivity contribution in [3.8, 4) is 55.6 Å². The number of hydrogen-bond donors (Lipinski definition) is 0. The highest BCUT2D eigenvalue weighted by Crippen LogP contribution is 2.53. The number of fused-ring (bicyclic) bond motifs is 9. The van der Waals surface area contributed by atoms with E-state index in [9.17, 15) is 0 Å². The Morgan fingerprint density at radius 3 is 1.52 bits per heavy atom. The van der Waals surface area contributed by atoms with E-state index in [4.69, 9.17) is 0 Å². The molecule has 2 aliphatic rings. The minimum absolute atomic E-state index is 0.0407. The van der Waals surface area contributed by atoms with Crippen molar-refractivity contribution in [1.29, 1.82) is 0 Å². The number of hydrogen-bond acceptors (Lipinski definition) is 0. The molecular weight excluding hydrogens is 649 g/mol. The van der Waals surface area contributed by atoms with Crippen molar-refractivity contribution in [1.82, 2.24) is 0 Å². The van der Waals surface area contributed by atoms with Crippen molar-refractivity contribution >= 4 is 32.3 Å². The van der Waals surface area contributed by atoms with Crippen LogP contribution in [0.15, 0.2) is 170 Å². The lowest BCUT2D eigenvalue weighted by atomic mass is 9.80. The first-order valence-electron chi connectivity index (χ1n) is 19.3. The minimum atomic E-state index is -0.0799. The molecule has 0 N–H and O–H groups in total. The molecule has 0 fully saturated rings. The molecule has 0 nitrogen and oxygen atoms in total. The second kappa shape index (κ2) is 11.1. The lowest BCUT2D eigenvalue weighted by Gasteiger charge is -2.23. The van der Waals surface area contributed by atoms with Crippen molar-refractivity contribution in [2.24, 2.45) is 0 Å². The van der Waals surface area contributed by atoms with Crippen molar-refractivity contribution in [3.05, 3.63) is 192 Å². The van der Waals surface area contributed by atoms with E-state index < -0.39 is 0 Å². The fourth-order valence-electron chi connectivity index (χ4n) is 10.2. The SMILES string of the molecule is CC1(C)c2ccccc2-c2cc(-c3c4ccccc4c(-c4ccc5c(c4)C(C)(C)c4ccccc4-5)c4ccc(-c5cccc6ccccc56)cc34)ccc21. The maximum Gasteiger partial charge on any atom is 0.0159 e. The second-order valence-electron chi connectivity index (χ2n) is 16.4. The molecule has 2 aliphatic carbocycles. The average molecular weight is 689 g/mol. The molecule has 11 rings (SSSR count). The quantitative estimate of drug-likeness (QED) is 0.162. The van der Waals surface area contributed by atoms with Gasteiger partial charge in [-0.2, -0.15) is 0 Å². The third-order valence-electron chi connectivity index (χ3n) is 12.9. The van der Waals surface area contributed by atoms with Crippen LogP contribution >= 0.6 is 0 Å². The molecule has 0 unspecified atom stereocenters. The molecule has 0 saturated carbocycles. The van der Waals surface area contributed by atoms with Crippen molar-refractivity contribution in [2.75, 3.05) is 0 Å².